The number of imide groups is 1. The number of halogens is 2. The molecule has 94 heavy (non-hydrogen) atoms. The van der Waals surface area contributed by atoms with Gasteiger partial charge in [0.25, 0.3) is 0 Å². The third-order valence-corrected chi connectivity index (χ3v) is 20.2. The second-order valence-electron chi connectivity index (χ2n) is 27.1. The number of piperidine rings is 1. The quantitative estimate of drug-likeness (QED) is 0.0498. The van der Waals surface area contributed by atoms with Crippen molar-refractivity contribution in [3.63, 3.8) is 0 Å². The minimum absolute atomic E-state index is 0.00345. The molecule has 2 aromatic heterocycles. The molecule has 14 nitrogen and oxygen atoms in total. The number of rotatable bonds is 22. The molecule has 4 aliphatic heterocycles. The van der Waals surface area contributed by atoms with Gasteiger partial charge in [-0.2, -0.15) is 9.97 Å². The van der Waals surface area contributed by atoms with E-state index < -0.39 is 11.9 Å². The Hall–Kier alpha value is -6.13. The van der Waals surface area contributed by atoms with E-state index in [1.165, 1.54) is 128 Å². The number of nitrogens with zero attached hydrogens (tertiary/aromatic N) is 6. The highest BCUT2D eigenvalue weighted by Gasteiger charge is 2.41. The highest BCUT2D eigenvalue weighted by atomic mass is 19.1. The van der Waals surface area contributed by atoms with Crippen LogP contribution in [-0.4, -0.2) is 108 Å². The fraction of sp³-hybridized carbons (Fsp3) is 0.654. The van der Waals surface area contributed by atoms with Gasteiger partial charge in [0, 0.05) is 62.6 Å². The van der Waals surface area contributed by atoms with Gasteiger partial charge in [0.2, 0.25) is 17.7 Å². The molecule has 1 saturated carbocycles. The Morgan fingerprint density at radius 2 is 1.53 bits per heavy atom. The zero-order chi connectivity index (χ0) is 69.1. The number of fused-ring (bicyclic) bond motifs is 3. The van der Waals surface area contributed by atoms with Crippen molar-refractivity contribution in [1.82, 2.24) is 25.2 Å². The summed E-state index contributed by atoms with van der Waals surface area (Å²) in [5.41, 5.74) is 4.71. The van der Waals surface area contributed by atoms with Crippen LogP contribution in [0.4, 0.5) is 20.3 Å². The number of anilines is 2. The Labute approximate surface area is 563 Å². The number of benzene rings is 3. The van der Waals surface area contributed by atoms with Gasteiger partial charge in [-0.1, -0.05) is 146 Å². The van der Waals surface area contributed by atoms with Crippen molar-refractivity contribution in [1.29, 1.82) is 0 Å². The highest BCUT2D eigenvalue weighted by molar-refractivity contribution is 6.07. The zero-order valence-corrected chi connectivity index (χ0v) is 60.4. The molecule has 6 unspecified atom stereocenters. The standard InChI is InChI=1S/C26H26F2N4O2.C25H38N2O3.C14H28.C9H17NO.C2H4O.C2H6/c1-3-17-20(27)9-8-15-12-16(33)13-18(21(15)17)23-22(28)24-19(14-29-23)25(31-26(30-24)34-2)32-10-6-4-5-7-11-32;1-6-9-19(11-10-17(4)7-2)20-12-13-21(18(5)16-20)27(24(29)8-3)22-14-15-23(28)26-25(22)30;1-5-8-14(10-13(4)11-14)9-7-12(3)6-2;1-11-7-9-5-4-8-3-2-6-10(8)9;1-2-3;1-2/h8-9,12-14,33H,3-7,10-11H2,1-2H3;12-13,16-17,19,22H,6-11,14-15H2,1-5H3,(H,26,28,30);12-13H,5-11H2,1-4H3;8-9H,2-7H2,1H3;2H,1H3;1-2H3. The summed E-state index contributed by atoms with van der Waals surface area (Å²) in [6.07, 6.45) is 29.7. The van der Waals surface area contributed by atoms with Gasteiger partial charge in [0.15, 0.2) is 5.82 Å². The molecule has 3 amide bonds. The van der Waals surface area contributed by atoms with Gasteiger partial charge in [0.1, 0.15) is 40.9 Å². The molecule has 5 aliphatic rings. The lowest BCUT2D eigenvalue weighted by molar-refractivity contribution is -0.135. The first kappa shape index (κ1) is 78.6. The Kier molecular flexibility index (Phi) is 33.3. The lowest BCUT2D eigenvalue weighted by Crippen LogP contribution is -2.54. The van der Waals surface area contributed by atoms with E-state index in [1.807, 2.05) is 40.9 Å². The number of hydrogen-bond acceptors (Lipinski definition) is 12. The molecule has 0 spiro atoms. The number of aryl methyl sites for hydroxylation is 2. The summed E-state index contributed by atoms with van der Waals surface area (Å²) in [7, 11) is 3.26. The van der Waals surface area contributed by atoms with Gasteiger partial charge < -0.3 is 24.3 Å². The summed E-state index contributed by atoms with van der Waals surface area (Å²) in [5.74, 6) is 1.97. The number of phenolic OH excluding ortho intramolecular Hbond substituents is 1. The summed E-state index contributed by atoms with van der Waals surface area (Å²) in [4.78, 5) is 65.3. The number of methoxy groups -OCH3 is 2. The van der Waals surface area contributed by atoms with E-state index in [0.717, 1.165) is 111 Å². The third-order valence-electron chi connectivity index (χ3n) is 20.2. The predicted molar refractivity (Wildman–Crippen MR) is 382 cm³/mol. The van der Waals surface area contributed by atoms with Crippen LogP contribution in [-0.2, 0) is 30.3 Å². The fourth-order valence-corrected chi connectivity index (χ4v) is 15.0. The average molecular weight is 1300 g/mol. The first-order valence-corrected chi connectivity index (χ1v) is 36.3. The Morgan fingerprint density at radius 1 is 0.840 bits per heavy atom. The number of carbonyl (C=O) groups is 4. The summed E-state index contributed by atoms with van der Waals surface area (Å²) in [5, 5.41) is 14.4. The van der Waals surface area contributed by atoms with E-state index in [-0.39, 0.29) is 52.9 Å². The average Bonchev–Trinajstić information content (AvgIpc) is 0.947. The minimum Gasteiger partial charge on any atom is -0.508 e. The van der Waals surface area contributed by atoms with Crippen molar-refractivity contribution in [2.24, 2.45) is 23.2 Å². The van der Waals surface area contributed by atoms with Crippen LogP contribution in [0.1, 0.15) is 253 Å². The van der Waals surface area contributed by atoms with Crippen molar-refractivity contribution < 1.29 is 42.5 Å². The normalized spacial score (nSPS) is 20.9. The van der Waals surface area contributed by atoms with Crippen LogP contribution in [0.2, 0.25) is 0 Å². The highest BCUT2D eigenvalue weighted by Crippen LogP contribution is 2.52. The summed E-state index contributed by atoms with van der Waals surface area (Å²) < 4.78 is 41.2. The molecule has 5 fully saturated rings. The molecular formula is C78H119F2N7O7. The number of aromatic hydroxyl groups is 1. The molecule has 10 rings (SSSR count). The molecule has 1 aliphatic carbocycles. The maximum absolute atomic E-state index is 16.1. The molecule has 2 N–H and O–H groups in total. The van der Waals surface area contributed by atoms with Crippen molar-refractivity contribution in [2.45, 2.75) is 268 Å². The molecule has 0 bridgehead atoms. The SMILES string of the molecule is CC.CC=O.CCCC(CCC(C)CC)c1ccc(N(C(=O)CC)C2CCC(=O)NC2=O)c(C)c1.CCCC1(CCC(C)CC)CC(C)C1.CCc1c(F)ccc2cc(O)cc(-c3ncc4c(N5CCCCCC5)nc(OC)nc4c3F)c12.COCC1CCC2CCCN21. The van der Waals surface area contributed by atoms with Crippen LogP contribution < -0.4 is 19.9 Å². The van der Waals surface area contributed by atoms with Crippen LogP contribution in [0.5, 0.6) is 11.8 Å². The lowest BCUT2D eigenvalue weighted by Gasteiger charge is -2.47. The Bertz CT molecular complexity index is 3160. The number of amides is 3. The van der Waals surface area contributed by atoms with Crippen molar-refractivity contribution in [2.75, 3.05) is 50.3 Å². The van der Waals surface area contributed by atoms with Crippen LogP contribution in [0.15, 0.2) is 48.7 Å². The number of hydrogen-bond donors (Lipinski definition) is 2. The maximum Gasteiger partial charge on any atom is 0.318 e. The second kappa shape index (κ2) is 39.8. The Morgan fingerprint density at radius 3 is 2.13 bits per heavy atom. The number of aldehydes is 1. The van der Waals surface area contributed by atoms with E-state index >= 15 is 4.39 Å². The van der Waals surface area contributed by atoms with Crippen LogP contribution in [0.25, 0.3) is 32.9 Å². The molecule has 6 atom stereocenters. The number of carbonyl (C=O) groups excluding carboxylic acids is 4. The molecular weight excluding hydrogens is 1180 g/mol. The predicted octanol–water partition coefficient (Wildman–Crippen LogP) is 18.6. The van der Waals surface area contributed by atoms with E-state index in [9.17, 15) is 23.9 Å². The van der Waals surface area contributed by atoms with E-state index in [0.29, 0.717) is 58.3 Å². The van der Waals surface area contributed by atoms with Crippen LogP contribution in [0.3, 0.4) is 0 Å². The van der Waals surface area contributed by atoms with Gasteiger partial charge in [-0.3, -0.25) is 34.5 Å². The van der Waals surface area contributed by atoms with Gasteiger partial charge in [-0.25, -0.2) is 8.78 Å². The largest absolute Gasteiger partial charge is 0.508 e. The number of phenols is 1. The van der Waals surface area contributed by atoms with Gasteiger partial charge in [0.05, 0.1) is 19.1 Å². The smallest absolute Gasteiger partial charge is 0.318 e. The number of pyridine rings is 1. The lowest BCUT2D eigenvalue weighted by atomic mass is 9.58. The number of aromatic nitrogens is 3. The molecule has 0 radical (unpaired) electrons. The number of nitrogens with one attached hydrogen (secondary N) is 1. The third kappa shape index (κ3) is 21.2. The number of ether oxygens (including phenoxy) is 2. The summed E-state index contributed by atoms with van der Waals surface area (Å²) in [6.45, 7) is 31.2. The first-order chi connectivity index (χ1) is 45.3. The van der Waals surface area contributed by atoms with E-state index in [1.54, 1.807) is 30.2 Å². The first-order valence-electron chi connectivity index (χ1n) is 36.3. The monoisotopic (exact) mass is 1300 g/mol. The Balaban J connectivity index is 0.000000240. The fourth-order valence-electron chi connectivity index (χ4n) is 15.0. The van der Waals surface area contributed by atoms with Gasteiger partial charge in [-0.05, 0) is 191 Å². The summed E-state index contributed by atoms with van der Waals surface area (Å²) in [6, 6.07) is 13.3. The van der Waals surface area contributed by atoms with Crippen molar-refractivity contribution in [3.05, 3.63) is 77.0 Å². The topological polar surface area (TPSA) is 167 Å². The second-order valence-corrected chi connectivity index (χ2v) is 27.1. The van der Waals surface area contributed by atoms with Crippen molar-refractivity contribution >= 4 is 57.2 Å². The van der Waals surface area contributed by atoms with Gasteiger partial charge in [-0.15, -0.1) is 0 Å². The van der Waals surface area contributed by atoms with Crippen molar-refractivity contribution in [3.8, 4) is 23.0 Å². The minimum atomic E-state index is -0.660. The van der Waals surface area contributed by atoms with Gasteiger partial charge >= 0.3 is 6.01 Å². The van der Waals surface area contributed by atoms with Crippen LogP contribution >= 0.6 is 0 Å². The molecule has 16 heteroatoms. The summed E-state index contributed by atoms with van der Waals surface area (Å²) >= 11 is 0. The van der Waals surface area contributed by atoms with Crippen LogP contribution in [0, 0.1) is 41.7 Å². The zero-order valence-electron chi connectivity index (χ0n) is 60.4. The molecule has 5 aromatic rings. The molecule has 522 valence electrons. The molecule has 6 heterocycles. The molecule has 3 aromatic carbocycles. The van der Waals surface area contributed by atoms with E-state index in [4.69, 9.17) is 14.3 Å². The van der Waals surface area contributed by atoms with E-state index in [2.05, 4.69) is 90.7 Å². The molecule has 4 saturated heterocycles. The maximum atomic E-state index is 16.1.